The number of alkyl halides is 3. The minimum Gasteiger partial charge on any atom is -0.493 e. The molecule has 2 atom stereocenters. The molecule has 0 bridgehead atoms. The number of hydrogen-bond acceptors (Lipinski definition) is 4. The van der Waals surface area contributed by atoms with E-state index in [0.29, 0.717) is 5.56 Å². The van der Waals surface area contributed by atoms with Crippen molar-refractivity contribution in [3.05, 3.63) is 23.8 Å². The highest BCUT2D eigenvalue weighted by atomic mass is 19.4. The van der Waals surface area contributed by atoms with E-state index in [-0.39, 0.29) is 11.5 Å². The zero-order valence-corrected chi connectivity index (χ0v) is 10.4. The van der Waals surface area contributed by atoms with Crippen molar-refractivity contribution in [3.63, 3.8) is 0 Å². The van der Waals surface area contributed by atoms with E-state index in [1.807, 2.05) is 0 Å². The van der Waals surface area contributed by atoms with Crippen molar-refractivity contribution < 1.29 is 32.9 Å². The number of hydrogen-bond donors (Lipinski definition) is 2. The summed E-state index contributed by atoms with van der Waals surface area (Å²) in [7, 11) is 1.33. The first-order valence-electron chi connectivity index (χ1n) is 5.49. The van der Waals surface area contributed by atoms with Crippen LogP contribution in [0.25, 0.3) is 0 Å². The molecule has 0 aromatic heterocycles. The highest BCUT2D eigenvalue weighted by Crippen LogP contribution is 2.31. The Hall–Kier alpha value is -1.47. The monoisotopic (exact) mass is 280 g/mol. The molecule has 2 N–H and O–H groups in total. The van der Waals surface area contributed by atoms with Gasteiger partial charge < -0.3 is 19.7 Å². The van der Waals surface area contributed by atoms with Crippen LogP contribution in [0.5, 0.6) is 11.5 Å². The van der Waals surface area contributed by atoms with Crippen LogP contribution < -0.4 is 9.47 Å². The van der Waals surface area contributed by atoms with Crippen molar-refractivity contribution in [1.82, 2.24) is 0 Å². The van der Waals surface area contributed by atoms with Crippen LogP contribution in [-0.4, -0.2) is 36.2 Å². The molecule has 0 heterocycles. The topological polar surface area (TPSA) is 58.9 Å². The molecule has 0 amide bonds. The zero-order valence-electron chi connectivity index (χ0n) is 10.4. The van der Waals surface area contributed by atoms with E-state index in [0.717, 1.165) is 0 Å². The summed E-state index contributed by atoms with van der Waals surface area (Å²) in [6.07, 6.45) is -8.02. The summed E-state index contributed by atoms with van der Waals surface area (Å²) in [5.74, 6) is 0.253. The Bertz CT molecular complexity index is 418. The molecule has 0 radical (unpaired) electrons. The van der Waals surface area contributed by atoms with E-state index in [1.54, 1.807) is 6.92 Å². The highest BCUT2D eigenvalue weighted by molar-refractivity contribution is 5.43. The molecule has 4 nitrogen and oxygen atoms in total. The van der Waals surface area contributed by atoms with Gasteiger partial charge in [-0.15, -0.1) is 0 Å². The van der Waals surface area contributed by atoms with Crippen LogP contribution in [0.3, 0.4) is 0 Å². The Morgan fingerprint density at radius 3 is 2.32 bits per heavy atom. The lowest BCUT2D eigenvalue weighted by atomic mass is 10.1. The van der Waals surface area contributed by atoms with Crippen LogP contribution in [-0.2, 0) is 0 Å². The van der Waals surface area contributed by atoms with Gasteiger partial charge in [0, 0.05) is 0 Å². The molecule has 0 saturated heterocycles. The van der Waals surface area contributed by atoms with Crippen LogP contribution in [0.1, 0.15) is 18.6 Å². The molecule has 2 unspecified atom stereocenters. The summed E-state index contributed by atoms with van der Waals surface area (Å²) in [6.45, 7) is 0.622. The first kappa shape index (κ1) is 15.6. The first-order chi connectivity index (χ1) is 8.75. The maximum atomic E-state index is 12.1. The van der Waals surface area contributed by atoms with Gasteiger partial charge in [0.15, 0.2) is 17.6 Å². The van der Waals surface area contributed by atoms with Crippen molar-refractivity contribution in [1.29, 1.82) is 0 Å². The molecule has 0 fully saturated rings. The molecule has 0 aliphatic rings. The minimum atomic E-state index is -4.73. The van der Waals surface area contributed by atoms with E-state index < -0.39 is 25.0 Å². The SMILES string of the molecule is COc1cc(C(C)O)ccc1OCC(O)C(F)(F)F. The fourth-order valence-electron chi connectivity index (χ4n) is 1.33. The Morgan fingerprint density at radius 2 is 1.84 bits per heavy atom. The lowest BCUT2D eigenvalue weighted by Gasteiger charge is -2.17. The van der Waals surface area contributed by atoms with Gasteiger partial charge in [0.1, 0.15) is 6.61 Å². The van der Waals surface area contributed by atoms with Gasteiger partial charge in [-0.1, -0.05) is 6.07 Å². The van der Waals surface area contributed by atoms with Gasteiger partial charge >= 0.3 is 6.18 Å². The zero-order chi connectivity index (χ0) is 14.6. The summed E-state index contributed by atoms with van der Waals surface area (Å²) in [5.41, 5.74) is 0.542. The fourth-order valence-corrected chi connectivity index (χ4v) is 1.33. The maximum absolute atomic E-state index is 12.1. The average molecular weight is 280 g/mol. The van der Waals surface area contributed by atoms with Gasteiger partial charge in [0.25, 0.3) is 0 Å². The second kappa shape index (κ2) is 6.12. The third kappa shape index (κ3) is 4.29. The number of benzene rings is 1. The molecule has 0 aliphatic carbocycles. The van der Waals surface area contributed by atoms with E-state index in [1.165, 1.54) is 25.3 Å². The molecule has 0 spiro atoms. The molecule has 1 rings (SSSR count). The minimum absolute atomic E-state index is 0.0650. The van der Waals surface area contributed by atoms with Crippen molar-refractivity contribution in [2.45, 2.75) is 25.3 Å². The van der Waals surface area contributed by atoms with Crippen LogP contribution in [0, 0.1) is 0 Å². The number of rotatable bonds is 5. The van der Waals surface area contributed by atoms with Crippen LogP contribution in [0.15, 0.2) is 18.2 Å². The van der Waals surface area contributed by atoms with Crippen LogP contribution in [0.4, 0.5) is 13.2 Å². The predicted octanol–water partition coefficient (Wildman–Crippen LogP) is 2.05. The van der Waals surface area contributed by atoms with E-state index in [2.05, 4.69) is 0 Å². The van der Waals surface area contributed by atoms with E-state index in [4.69, 9.17) is 14.6 Å². The van der Waals surface area contributed by atoms with Crippen molar-refractivity contribution in [2.75, 3.05) is 13.7 Å². The predicted molar refractivity (Wildman–Crippen MR) is 61.2 cm³/mol. The lowest BCUT2D eigenvalue weighted by molar-refractivity contribution is -0.210. The Labute approximate surface area is 108 Å². The van der Waals surface area contributed by atoms with Crippen molar-refractivity contribution in [2.24, 2.45) is 0 Å². The molecule has 0 saturated carbocycles. The molecule has 7 heteroatoms. The number of aliphatic hydroxyl groups is 2. The Balaban J connectivity index is 2.79. The first-order valence-corrected chi connectivity index (χ1v) is 5.49. The third-order valence-corrected chi connectivity index (χ3v) is 2.44. The number of methoxy groups -OCH3 is 1. The molecule has 1 aromatic carbocycles. The Kier molecular flexibility index (Phi) is 5.02. The van der Waals surface area contributed by atoms with Gasteiger partial charge in [-0.05, 0) is 24.6 Å². The fraction of sp³-hybridized carbons (Fsp3) is 0.500. The standard InChI is InChI=1S/C12H15F3O4/c1-7(16)8-3-4-9(10(5-8)18-2)19-6-11(17)12(13,14)15/h3-5,7,11,16-17H,6H2,1-2H3. The summed E-state index contributed by atoms with van der Waals surface area (Å²) in [5, 5.41) is 18.2. The van der Waals surface area contributed by atoms with Crippen LogP contribution >= 0.6 is 0 Å². The normalized spacial score (nSPS) is 14.9. The second-order valence-electron chi connectivity index (χ2n) is 3.95. The number of aliphatic hydroxyl groups excluding tert-OH is 2. The van der Waals surface area contributed by atoms with Gasteiger partial charge in [0.05, 0.1) is 13.2 Å². The quantitative estimate of drug-likeness (QED) is 0.866. The molecular formula is C12H15F3O4. The van der Waals surface area contributed by atoms with E-state index in [9.17, 15) is 18.3 Å². The van der Waals surface area contributed by atoms with Gasteiger partial charge in [-0.2, -0.15) is 13.2 Å². The highest BCUT2D eigenvalue weighted by Gasteiger charge is 2.38. The second-order valence-corrected chi connectivity index (χ2v) is 3.95. The van der Waals surface area contributed by atoms with Gasteiger partial charge in [0.2, 0.25) is 0 Å². The van der Waals surface area contributed by atoms with Gasteiger partial charge in [-0.3, -0.25) is 0 Å². The summed E-state index contributed by atoms with van der Waals surface area (Å²) < 4.78 is 46.2. The van der Waals surface area contributed by atoms with Crippen molar-refractivity contribution >= 4 is 0 Å². The van der Waals surface area contributed by atoms with Crippen molar-refractivity contribution in [3.8, 4) is 11.5 Å². The largest absolute Gasteiger partial charge is 0.493 e. The summed E-state index contributed by atoms with van der Waals surface area (Å²) in [6, 6.07) is 4.34. The molecule has 1 aromatic rings. The maximum Gasteiger partial charge on any atom is 0.417 e. The average Bonchev–Trinajstić information content (AvgIpc) is 2.34. The Morgan fingerprint density at radius 1 is 1.21 bits per heavy atom. The molecular weight excluding hydrogens is 265 g/mol. The smallest absolute Gasteiger partial charge is 0.417 e. The number of ether oxygens (including phenoxy) is 2. The van der Waals surface area contributed by atoms with E-state index >= 15 is 0 Å². The number of halogens is 3. The third-order valence-electron chi connectivity index (χ3n) is 2.44. The molecule has 108 valence electrons. The summed E-state index contributed by atoms with van der Waals surface area (Å²) >= 11 is 0. The molecule has 0 aliphatic heterocycles. The molecule has 19 heavy (non-hydrogen) atoms. The lowest BCUT2D eigenvalue weighted by Crippen LogP contribution is -2.34. The van der Waals surface area contributed by atoms with Gasteiger partial charge in [-0.25, -0.2) is 0 Å². The summed E-state index contributed by atoms with van der Waals surface area (Å²) in [4.78, 5) is 0. The van der Waals surface area contributed by atoms with Crippen LogP contribution in [0.2, 0.25) is 0 Å².